The largest absolute Gasteiger partial charge is 0.493 e. The van der Waals surface area contributed by atoms with Crippen LogP contribution in [0.5, 0.6) is 5.75 Å². The maximum Gasteiger partial charge on any atom is 0.169 e. The lowest BCUT2D eigenvalue weighted by atomic mass is 10.1. The molecule has 10 heteroatoms. The van der Waals surface area contributed by atoms with Crippen LogP contribution in [-0.4, -0.2) is 38.8 Å². The first-order valence-corrected chi connectivity index (χ1v) is 10.4. The van der Waals surface area contributed by atoms with Crippen molar-refractivity contribution < 1.29 is 4.74 Å². The number of hydrazone groups is 1. The lowest BCUT2D eigenvalue weighted by Gasteiger charge is -2.22. The van der Waals surface area contributed by atoms with Crippen LogP contribution in [0.15, 0.2) is 54.2 Å². The van der Waals surface area contributed by atoms with Gasteiger partial charge in [-0.05, 0) is 47.9 Å². The van der Waals surface area contributed by atoms with Gasteiger partial charge in [0.15, 0.2) is 5.84 Å². The topological polar surface area (TPSA) is 131 Å². The van der Waals surface area contributed by atoms with Gasteiger partial charge in [-0.25, -0.2) is 15.5 Å². The fourth-order valence-corrected chi connectivity index (χ4v) is 3.45. The predicted octanol–water partition coefficient (Wildman–Crippen LogP) is 2.87. The Morgan fingerprint density at radius 2 is 2.12 bits per heavy atom. The van der Waals surface area contributed by atoms with Crippen LogP contribution >= 0.6 is 11.6 Å². The first-order valence-electron chi connectivity index (χ1n) is 10.0. The third kappa shape index (κ3) is 5.75. The minimum absolute atomic E-state index is 0.309. The summed E-state index contributed by atoms with van der Waals surface area (Å²) in [5, 5.41) is 19.6. The summed E-state index contributed by atoms with van der Waals surface area (Å²) in [5.74, 6) is 12.9. The van der Waals surface area contributed by atoms with Crippen molar-refractivity contribution in [1.29, 1.82) is 5.26 Å². The Balaban J connectivity index is 1.79. The molecular weight excluding hydrogens is 428 g/mol. The summed E-state index contributed by atoms with van der Waals surface area (Å²) in [6, 6.07) is 12.8. The number of hydrogen-bond acceptors (Lipinski definition) is 7. The zero-order valence-corrected chi connectivity index (χ0v) is 18.7. The SMILES string of the molecule is CC(C)CN(N)/C(=N\N)c1cc(C#N)cc(OCCc2cc(Cl)ccc2-n2cncn2)c1. The highest BCUT2D eigenvalue weighted by molar-refractivity contribution is 6.30. The molecule has 0 fully saturated rings. The van der Waals surface area contributed by atoms with Crippen molar-refractivity contribution in [2.75, 3.05) is 13.2 Å². The average molecular weight is 453 g/mol. The van der Waals surface area contributed by atoms with Crippen LogP contribution in [0.25, 0.3) is 5.69 Å². The number of ether oxygens (including phenoxy) is 1. The second kappa shape index (κ2) is 10.6. The molecule has 1 heterocycles. The highest BCUT2D eigenvalue weighted by atomic mass is 35.5. The summed E-state index contributed by atoms with van der Waals surface area (Å²) in [6.07, 6.45) is 3.66. The van der Waals surface area contributed by atoms with Crippen molar-refractivity contribution in [3.05, 3.63) is 70.8 Å². The summed E-state index contributed by atoms with van der Waals surface area (Å²) in [7, 11) is 0. The molecule has 9 nitrogen and oxygen atoms in total. The minimum Gasteiger partial charge on any atom is -0.493 e. The van der Waals surface area contributed by atoms with E-state index in [1.807, 2.05) is 26.0 Å². The van der Waals surface area contributed by atoms with E-state index in [2.05, 4.69) is 21.3 Å². The van der Waals surface area contributed by atoms with E-state index >= 15 is 0 Å². The number of hydrazine groups is 1. The summed E-state index contributed by atoms with van der Waals surface area (Å²) >= 11 is 6.19. The van der Waals surface area contributed by atoms with Crippen molar-refractivity contribution in [2.45, 2.75) is 20.3 Å². The zero-order valence-electron chi connectivity index (χ0n) is 17.9. The second-order valence-electron chi connectivity index (χ2n) is 7.57. The van der Waals surface area contributed by atoms with E-state index < -0.39 is 0 Å². The van der Waals surface area contributed by atoms with Crippen molar-refractivity contribution in [2.24, 2.45) is 22.7 Å². The van der Waals surface area contributed by atoms with Gasteiger partial charge in [-0.2, -0.15) is 15.5 Å². The number of benzene rings is 2. The van der Waals surface area contributed by atoms with E-state index in [4.69, 9.17) is 28.0 Å². The Kier molecular flexibility index (Phi) is 7.65. The van der Waals surface area contributed by atoms with Gasteiger partial charge in [0, 0.05) is 23.6 Å². The van der Waals surface area contributed by atoms with Crippen molar-refractivity contribution in [1.82, 2.24) is 19.8 Å². The number of halogens is 1. The molecule has 0 unspecified atom stereocenters. The van der Waals surface area contributed by atoms with Gasteiger partial charge in [0.25, 0.3) is 0 Å². The van der Waals surface area contributed by atoms with E-state index in [-0.39, 0.29) is 0 Å². The van der Waals surface area contributed by atoms with Crippen molar-refractivity contribution in [3.8, 4) is 17.5 Å². The summed E-state index contributed by atoms with van der Waals surface area (Å²) in [5.41, 5.74) is 2.85. The molecule has 166 valence electrons. The maximum atomic E-state index is 9.45. The quantitative estimate of drug-likeness (QED) is 0.232. The molecule has 0 spiro atoms. The van der Waals surface area contributed by atoms with Gasteiger partial charge >= 0.3 is 0 Å². The molecule has 1 aromatic heterocycles. The number of hydrogen-bond donors (Lipinski definition) is 2. The predicted molar refractivity (Wildman–Crippen MR) is 123 cm³/mol. The van der Waals surface area contributed by atoms with E-state index in [9.17, 15) is 5.26 Å². The van der Waals surface area contributed by atoms with Crippen LogP contribution < -0.4 is 16.4 Å². The molecule has 2 aromatic carbocycles. The van der Waals surface area contributed by atoms with Gasteiger partial charge in [0.05, 0.1) is 23.9 Å². The van der Waals surface area contributed by atoms with Crippen LogP contribution in [0.3, 0.4) is 0 Å². The molecular formula is C22H25ClN8O. The van der Waals surface area contributed by atoms with Gasteiger partial charge in [0.1, 0.15) is 18.4 Å². The van der Waals surface area contributed by atoms with Gasteiger partial charge in [0.2, 0.25) is 0 Å². The number of nitriles is 1. The standard InChI is InChI=1S/C22H25ClN8O/c1-15(2)12-30(26)22(29-25)18-7-16(11-24)8-20(10-18)32-6-5-17-9-19(23)3-4-21(17)31-14-27-13-28-31/h3-4,7-10,13-15H,5-6,12,25-26H2,1-2H3/b29-22-. The third-order valence-electron chi connectivity index (χ3n) is 4.60. The maximum absolute atomic E-state index is 9.45. The van der Waals surface area contributed by atoms with Gasteiger partial charge in [-0.3, -0.25) is 5.01 Å². The monoisotopic (exact) mass is 452 g/mol. The molecule has 0 aliphatic carbocycles. The molecule has 0 radical (unpaired) electrons. The van der Waals surface area contributed by atoms with E-state index in [1.165, 1.54) is 11.3 Å². The molecule has 3 rings (SSSR count). The first-order chi connectivity index (χ1) is 15.4. The molecule has 0 atom stereocenters. The van der Waals surface area contributed by atoms with Crippen molar-refractivity contribution >= 4 is 17.4 Å². The molecule has 0 saturated heterocycles. The third-order valence-corrected chi connectivity index (χ3v) is 4.83. The van der Waals surface area contributed by atoms with Crippen LogP contribution in [0.2, 0.25) is 5.02 Å². The Hall–Kier alpha value is -3.61. The Morgan fingerprint density at radius 3 is 2.78 bits per heavy atom. The van der Waals surface area contributed by atoms with Gasteiger partial charge < -0.3 is 10.6 Å². The van der Waals surface area contributed by atoms with Crippen LogP contribution in [0, 0.1) is 17.2 Å². The lowest BCUT2D eigenvalue weighted by Crippen LogP contribution is -2.41. The van der Waals surface area contributed by atoms with Crippen LogP contribution in [0.1, 0.15) is 30.5 Å². The lowest BCUT2D eigenvalue weighted by molar-refractivity contribution is 0.321. The Morgan fingerprint density at radius 1 is 1.31 bits per heavy atom. The van der Waals surface area contributed by atoms with Gasteiger partial charge in [-0.15, -0.1) is 0 Å². The normalized spacial score (nSPS) is 11.4. The Bertz CT molecular complexity index is 1120. The summed E-state index contributed by atoms with van der Waals surface area (Å²) in [4.78, 5) is 4.00. The molecule has 4 N–H and O–H groups in total. The fraction of sp³-hybridized carbons (Fsp3) is 0.273. The number of amidine groups is 1. The summed E-state index contributed by atoms with van der Waals surface area (Å²) < 4.78 is 7.64. The van der Waals surface area contributed by atoms with Crippen molar-refractivity contribution in [3.63, 3.8) is 0 Å². The number of aromatic nitrogens is 3. The zero-order chi connectivity index (χ0) is 23.1. The van der Waals surface area contributed by atoms with Gasteiger partial charge in [-0.1, -0.05) is 25.4 Å². The van der Waals surface area contributed by atoms with E-state index in [1.54, 1.807) is 35.3 Å². The highest BCUT2D eigenvalue weighted by Gasteiger charge is 2.15. The summed E-state index contributed by atoms with van der Waals surface area (Å²) in [6.45, 7) is 4.99. The molecule has 0 bridgehead atoms. The molecule has 3 aromatic rings. The van der Waals surface area contributed by atoms with E-state index in [0.29, 0.717) is 53.2 Å². The molecule has 0 amide bonds. The highest BCUT2D eigenvalue weighted by Crippen LogP contribution is 2.22. The first kappa shape index (κ1) is 23.1. The number of nitrogens with two attached hydrogens (primary N) is 2. The molecule has 0 saturated carbocycles. The van der Waals surface area contributed by atoms with Crippen LogP contribution in [0.4, 0.5) is 0 Å². The minimum atomic E-state index is 0.309. The smallest absolute Gasteiger partial charge is 0.169 e. The molecule has 0 aliphatic rings. The molecule has 0 aliphatic heterocycles. The average Bonchev–Trinajstić information content (AvgIpc) is 3.28. The second-order valence-corrected chi connectivity index (χ2v) is 8.00. The Labute approximate surface area is 191 Å². The van der Waals surface area contributed by atoms with E-state index in [0.717, 1.165) is 11.3 Å². The molecule has 32 heavy (non-hydrogen) atoms. The van der Waals surface area contributed by atoms with Crippen LogP contribution in [-0.2, 0) is 6.42 Å². The number of rotatable bonds is 8. The number of nitrogens with zero attached hydrogens (tertiary/aromatic N) is 6. The fourth-order valence-electron chi connectivity index (χ4n) is 3.26.